The molecule has 2 aromatic heterocycles. The van der Waals surface area contributed by atoms with Crippen LogP contribution in [0.1, 0.15) is 37.2 Å². The van der Waals surface area contributed by atoms with Gasteiger partial charge in [0.1, 0.15) is 28.2 Å². The molecule has 3 aromatic rings. The van der Waals surface area contributed by atoms with Crippen molar-refractivity contribution in [2.24, 2.45) is 0 Å². The Labute approximate surface area is 160 Å². The van der Waals surface area contributed by atoms with Crippen molar-refractivity contribution < 1.29 is 13.9 Å². The van der Waals surface area contributed by atoms with Crippen molar-refractivity contribution in [2.45, 2.75) is 40.0 Å². The second-order valence-electron chi connectivity index (χ2n) is 5.65. The smallest absolute Gasteiger partial charge is 0.153 e. The summed E-state index contributed by atoms with van der Waals surface area (Å²) in [6, 6.07) is 2.79. The second kappa shape index (κ2) is 9.24. The third kappa shape index (κ3) is 4.49. The number of nitrogens with one attached hydrogen (secondary N) is 1. The SMILES string of the molecule is C.Cc1nc(Cl)c2c(F)c[nH]c2n1.Oc1ccc(F)c2c1CCCC2.[3H][P-2]. The molecular formula is C18H21ClF2N3OP-2. The van der Waals surface area contributed by atoms with E-state index < -0.39 is 5.82 Å². The summed E-state index contributed by atoms with van der Waals surface area (Å²) in [5, 5.41) is 9.82. The number of nitrogens with zero attached hydrogens (tertiary/aromatic N) is 2. The van der Waals surface area contributed by atoms with Crippen molar-refractivity contribution >= 4 is 32.5 Å². The summed E-state index contributed by atoms with van der Waals surface area (Å²) in [5.74, 6) is 0.193. The molecule has 0 radical (unpaired) electrons. The number of hydrogen-bond acceptors (Lipinski definition) is 3. The molecule has 4 nitrogen and oxygen atoms in total. The van der Waals surface area contributed by atoms with Crippen LogP contribution in [0.2, 0.25) is 5.15 Å². The first kappa shape index (κ1) is 20.5. The topological polar surface area (TPSA) is 61.8 Å². The zero-order valence-corrected chi connectivity index (χ0v) is 15.1. The van der Waals surface area contributed by atoms with Crippen LogP contribution >= 0.6 is 21.4 Å². The molecule has 0 unspecified atom stereocenters. The lowest BCUT2D eigenvalue weighted by Gasteiger charge is -2.16. The summed E-state index contributed by atoms with van der Waals surface area (Å²) in [6.45, 7) is 1.70. The highest BCUT2D eigenvalue weighted by Gasteiger charge is 2.16. The van der Waals surface area contributed by atoms with Gasteiger partial charge in [0.2, 0.25) is 0 Å². The third-order valence-corrected chi connectivity index (χ3v) is 4.28. The second-order valence-corrected chi connectivity index (χ2v) is 6.01. The maximum Gasteiger partial charge on any atom is 0.153 e. The molecule has 4 rings (SSSR count). The van der Waals surface area contributed by atoms with E-state index in [0.717, 1.165) is 36.8 Å². The third-order valence-electron chi connectivity index (χ3n) is 4.00. The van der Waals surface area contributed by atoms with E-state index in [4.69, 9.17) is 12.9 Å². The van der Waals surface area contributed by atoms with Gasteiger partial charge in [0.25, 0.3) is 0 Å². The van der Waals surface area contributed by atoms with Gasteiger partial charge in [0.15, 0.2) is 5.82 Å². The van der Waals surface area contributed by atoms with Crippen LogP contribution in [0.3, 0.4) is 0 Å². The van der Waals surface area contributed by atoms with Crippen molar-refractivity contribution in [1.29, 1.82) is 1.28 Å². The number of aromatic amines is 1. The van der Waals surface area contributed by atoms with Crippen molar-refractivity contribution in [3.63, 3.8) is 0 Å². The van der Waals surface area contributed by atoms with Crippen molar-refractivity contribution in [3.05, 3.63) is 52.1 Å². The Hall–Kier alpha value is -1.78. The minimum atomic E-state index is -0.421. The molecule has 0 bridgehead atoms. The van der Waals surface area contributed by atoms with Gasteiger partial charge in [0, 0.05) is 6.20 Å². The first-order valence-electron chi connectivity index (χ1n) is 8.08. The first-order valence-corrected chi connectivity index (χ1v) is 8.01. The van der Waals surface area contributed by atoms with Crippen molar-refractivity contribution in [3.8, 4) is 5.75 Å². The van der Waals surface area contributed by atoms with E-state index in [9.17, 15) is 13.9 Å². The van der Waals surface area contributed by atoms with Gasteiger partial charge in [-0.05, 0) is 55.9 Å². The molecule has 2 heterocycles. The molecule has 0 fully saturated rings. The Kier molecular flexibility index (Phi) is 7.30. The van der Waals surface area contributed by atoms with Crippen LogP contribution in [0.4, 0.5) is 8.78 Å². The predicted octanol–water partition coefficient (Wildman–Crippen LogP) is 5.70. The fraction of sp³-hybridized carbons (Fsp3) is 0.333. The number of H-pyrrole nitrogens is 1. The van der Waals surface area contributed by atoms with Crippen LogP contribution in [0.25, 0.3) is 11.0 Å². The highest BCUT2D eigenvalue weighted by atomic mass is 35.5. The minimum Gasteiger partial charge on any atom is -1.51 e. The number of fused-ring (bicyclic) bond motifs is 2. The summed E-state index contributed by atoms with van der Waals surface area (Å²) < 4.78 is 31.5. The van der Waals surface area contributed by atoms with E-state index in [1.807, 2.05) is 0 Å². The fourth-order valence-electron chi connectivity index (χ4n) is 2.86. The first-order chi connectivity index (χ1) is 12.5. The number of aryl methyl sites for hydroxylation is 1. The molecule has 142 valence electrons. The number of rotatable bonds is 0. The molecule has 0 aliphatic heterocycles. The molecular weight excluding hydrogens is 379 g/mol. The maximum absolute atomic E-state index is 13.1. The van der Waals surface area contributed by atoms with Crippen LogP contribution in [-0.2, 0) is 12.8 Å². The van der Waals surface area contributed by atoms with Gasteiger partial charge >= 0.3 is 0 Å². The summed E-state index contributed by atoms with van der Waals surface area (Å²) in [4.78, 5) is 10.5. The number of phenolic OH excluding ortho intramolecular Hbond substituents is 1. The van der Waals surface area contributed by atoms with Gasteiger partial charge in [-0.3, -0.25) is 0 Å². The van der Waals surface area contributed by atoms with E-state index in [0.29, 0.717) is 11.5 Å². The molecule has 0 atom stereocenters. The van der Waals surface area contributed by atoms with Gasteiger partial charge in [-0.2, -0.15) is 0 Å². The highest BCUT2D eigenvalue weighted by Crippen LogP contribution is 2.30. The van der Waals surface area contributed by atoms with Gasteiger partial charge in [-0.1, -0.05) is 19.0 Å². The largest absolute Gasteiger partial charge is 1.51 e. The number of phenols is 1. The molecule has 0 saturated carbocycles. The Morgan fingerprint density at radius 1 is 1.15 bits per heavy atom. The van der Waals surface area contributed by atoms with E-state index in [-0.39, 0.29) is 29.5 Å². The summed E-state index contributed by atoms with van der Waals surface area (Å²) in [5.41, 5.74) is 1.98. The van der Waals surface area contributed by atoms with Gasteiger partial charge in [-0.15, -0.1) is 0 Å². The van der Waals surface area contributed by atoms with Gasteiger partial charge < -0.3 is 21.2 Å². The summed E-state index contributed by atoms with van der Waals surface area (Å²) in [6.07, 6.45) is 4.90. The van der Waals surface area contributed by atoms with E-state index in [2.05, 4.69) is 24.8 Å². The standard InChI is InChI=1S/C10H11FO.C7H5ClFN3.CH4.HP/c11-9-5-6-10(12)8-4-2-1-3-7(8)9;1-3-11-6(8)5-4(9)2-10-7(5)12-3;;/h5-6,12H,1-4H2;2H,1H3,(H,10,11,12);1H4;1H/q;;;-2/i;;;1T. The number of aromatic hydroxyl groups is 1. The molecule has 2 N–H and O–H groups in total. The molecule has 0 saturated heterocycles. The van der Waals surface area contributed by atoms with Crippen LogP contribution in [0.15, 0.2) is 18.3 Å². The Bertz CT molecular complexity index is 877. The normalized spacial score (nSPS) is 12.6. The number of aromatic nitrogens is 3. The van der Waals surface area contributed by atoms with E-state index >= 15 is 0 Å². The quantitative estimate of drug-likeness (QED) is 0.375. The lowest BCUT2D eigenvalue weighted by atomic mass is 9.91. The summed E-state index contributed by atoms with van der Waals surface area (Å²) >= 11 is 5.70. The van der Waals surface area contributed by atoms with Gasteiger partial charge in [0.05, 0.1) is 5.39 Å². The Balaban J connectivity index is 0.000000239. The zero-order valence-electron chi connectivity index (χ0n) is 14.5. The van der Waals surface area contributed by atoms with E-state index in [1.165, 1.54) is 18.3 Å². The average Bonchev–Trinajstić information content (AvgIpc) is 3.02. The Morgan fingerprint density at radius 3 is 2.46 bits per heavy atom. The van der Waals surface area contributed by atoms with Crippen LogP contribution < -0.4 is 0 Å². The highest BCUT2D eigenvalue weighted by molar-refractivity contribution is 6.92. The van der Waals surface area contributed by atoms with Crippen LogP contribution in [0, 0.1) is 18.6 Å². The van der Waals surface area contributed by atoms with Crippen molar-refractivity contribution in [2.75, 3.05) is 0 Å². The minimum absolute atomic E-state index is 0. The van der Waals surface area contributed by atoms with Crippen LogP contribution in [-0.4, -0.2) is 21.3 Å². The van der Waals surface area contributed by atoms with E-state index in [1.54, 1.807) is 6.92 Å². The molecule has 8 heteroatoms. The van der Waals surface area contributed by atoms with Crippen LogP contribution in [0.5, 0.6) is 5.75 Å². The van der Waals surface area contributed by atoms with Crippen molar-refractivity contribution in [1.82, 2.24) is 15.0 Å². The molecule has 26 heavy (non-hydrogen) atoms. The number of benzene rings is 1. The molecule has 0 spiro atoms. The average molecular weight is 402 g/mol. The maximum atomic E-state index is 13.1. The number of hydrogen-bond donors (Lipinski definition) is 2. The fourth-order valence-corrected chi connectivity index (χ4v) is 3.17. The Morgan fingerprint density at radius 2 is 1.81 bits per heavy atom. The summed E-state index contributed by atoms with van der Waals surface area (Å²) in [7, 11) is 2.78. The monoisotopic (exact) mass is 401 g/mol. The van der Waals surface area contributed by atoms with Gasteiger partial charge in [-0.25, -0.2) is 18.7 Å². The lowest BCUT2D eigenvalue weighted by molar-refractivity contribution is 0.456. The lowest BCUT2D eigenvalue weighted by Crippen LogP contribution is -2.05. The molecule has 1 aliphatic rings. The predicted molar refractivity (Wildman–Crippen MR) is 103 cm³/mol. The zero-order chi connectivity index (χ0) is 19.3. The number of halogens is 3. The molecule has 1 aromatic carbocycles. The molecule has 1 aliphatic carbocycles. The molecule has 0 amide bonds.